The van der Waals surface area contributed by atoms with Crippen molar-refractivity contribution in [3.8, 4) is 5.75 Å². The van der Waals surface area contributed by atoms with Gasteiger partial charge in [0.05, 0.1) is 11.8 Å². The molecule has 0 aromatic carbocycles. The average Bonchev–Trinajstić information content (AvgIpc) is 2.38. The van der Waals surface area contributed by atoms with Gasteiger partial charge in [-0.05, 0) is 31.9 Å². The Morgan fingerprint density at radius 3 is 2.72 bits per heavy atom. The van der Waals surface area contributed by atoms with Gasteiger partial charge in [-0.1, -0.05) is 20.8 Å². The van der Waals surface area contributed by atoms with Crippen LogP contribution in [0.5, 0.6) is 5.75 Å². The van der Waals surface area contributed by atoms with Crippen LogP contribution in [-0.2, 0) is 6.42 Å². The normalized spacial score (nSPS) is 30.9. The SMILES string of the molecule is CCc1nc(C)ccc1OC1CC(O)C1(C)CC. The zero-order chi connectivity index (χ0) is 13.3. The van der Waals surface area contributed by atoms with Gasteiger partial charge in [0.2, 0.25) is 0 Å². The van der Waals surface area contributed by atoms with E-state index >= 15 is 0 Å². The fourth-order valence-corrected chi connectivity index (χ4v) is 2.55. The maximum atomic E-state index is 9.89. The van der Waals surface area contributed by atoms with E-state index in [2.05, 4.69) is 25.8 Å². The van der Waals surface area contributed by atoms with Gasteiger partial charge in [-0.15, -0.1) is 0 Å². The number of rotatable bonds is 4. The highest BCUT2D eigenvalue weighted by Crippen LogP contribution is 2.46. The van der Waals surface area contributed by atoms with Crippen LogP contribution < -0.4 is 4.74 Å². The Hall–Kier alpha value is -1.09. The zero-order valence-corrected chi connectivity index (χ0v) is 11.7. The third-order valence-electron chi connectivity index (χ3n) is 4.37. The Balaban J connectivity index is 2.15. The lowest BCUT2D eigenvalue weighted by atomic mass is 9.63. The quantitative estimate of drug-likeness (QED) is 0.892. The monoisotopic (exact) mass is 249 g/mol. The molecule has 1 aromatic rings. The summed E-state index contributed by atoms with van der Waals surface area (Å²) in [5.41, 5.74) is 1.91. The number of hydrogen-bond acceptors (Lipinski definition) is 3. The molecule has 3 nitrogen and oxygen atoms in total. The molecule has 3 heteroatoms. The minimum atomic E-state index is -0.240. The topological polar surface area (TPSA) is 42.4 Å². The van der Waals surface area contributed by atoms with E-state index in [-0.39, 0.29) is 17.6 Å². The van der Waals surface area contributed by atoms with Crippen molar-refractivity contribution >= 4 is 0 Å². The first kappa shape index (κ1) is 13.3. The van der Waals surface area contributed by atoms with Crippen LogP contribution in [-0.4, -0.2) is 22.3 Å². The Kier molecular flexibility index (Phi) is 3.62. The summed E-state index contributed by atoms with van der Waals surface area (Å²) in [6.45, 7) is 8.28. The average molecular weight is 249 g/mol. The molecule has 18 heavy (non-hydrogen) atoms. The molecular formula is C15H23NO2. The molecule has 1 N–H and O–H groups in total. The third kappa shape index (κ3) is 2.12. The Bertz CT molecular complexity index is 433. The summed E-state index contributed by atoms with van der Waals surface area (Å²) < 4.78 is 6.08. The predicted molar refractivity (Wildman–Crippen MR) is 71.8 cm³/mol. The maximum absolute atomic E-state index is 9.89. The molecule has 1 aromatic heterocycles. The van der Waals surface area contributed by atoms with Crippen molar-refractivity contribution in [3.63, 3.8) is 0 Å². The first-order valence-electron chi connectivity index (χ1n) is 6.82. The highest BCUT2D eigenvalue weighted by atomic mass is 16.5. The molecule has 0 saturated heterocycles. The molecule has 3 atom stereocenters. The first-order valence-corrected chi connectivity index (χ1v) is 6.82. The van der Waals surface area contributed by atoms with E-state index < -0.39 is 0 Å². The van der Waals surface area contributed by atoms with Crippen molar-refractivity contribution in [1.82, 2.24) is 4.98 Å². The van der Waals surface area contributed by atoms with Crippen molar-refractivity contribution in [2.45, 2.75) is 59.2 Å². The van der Waals surface area contributed by atoms with E-state index in [4.69, 9.17) is 4.74 Å². The van der Waals surface area contributed by atoms with Crippen LogP contribution in [0.4, 0.5) is 0 Å². The second-order valence-electron chi connectivity index (χ2n) is 5.47. The van der Waals surface area contributed by atoms with E-state index in [0.29, 0.717) is 0 Å². The van der Waals surface area contributed by atoms with Gasteiger partial charge >= 0.3 is 0 Å². The summed E-state index contributed by atoms with van der Waals surface area (Å²) in [5.74, 6) is 0.875. The zero-order valence-electron chi connectivity index (χ0n) is 11.7. The standard InChI is InChI=1S/C15H23NO2/c1-5-11-12(8-7-10(3)16-11)18-14-9-13(17)15(14,4)6-2/h7-8,13-14,17H,5-6,9H2,1-4H3. The maximum Gasteiger partial charge on any atom is 0.141 e. The lowest BCUT2D eigenvalue weighted by Gasteiger charge is -2.50. The predicted octanol–water partition coefficient (Wildman–Crippen LogP) is 2.88. The minimum Gasteiger partial charge on any atom is -0.488 e. The fraction of sp³-hybridized carbons (Fsp3) is 0.667. The molecule has 0 radical (unpaired) electrons. The molecule has 1 aliphatic rings. The highest BCUT2D eigenvalue weighted by molar-refractivity contribution is 5.30. The van der Waals surface area contributed by atoms with Gasteiger partial charge in [0.15, 0.2) is 0 Å². The summed E-state index contributed by atoms with van der Waals surface area (Å²) in [6, 6.07) is 3.98. The van der Waals surface area contributed by atoms with E-state index in [0.717, 1.165) is 36.4 Å². The summed E-state index contributed by atoms with van der Waals surface area (Å²) in [6.07, 6.45) is 2.39. The van der Waals surface area contributed by atoms with Crippen LogP contribution in [0.25, 0.3) is 0 Å². The molecule has 1 heterocycles. The summed E-state index contributed by atoms with van der Waals surface area (Å²) in [7, 11) is 0. The summed E-state index contributed by atoms with van der Waals surface area (Å²) >= 11 is 0. The van der Waals surface area contributed by atoms with Crippen molar-refractivity contribution in [2.24, 2.45) is 5.41 Å². The molecule has 0 amide bonds. The molecule has 3 unspecified atom stereocenters. The summed E-state index contributed by atoms with van der Waals surface area (Å²) in [5, 5.41) is 9.89. The Labute approximate surface area is 109 Å². The lowest BCUT2D eigenvalue weighted by molar-refractivity contribution is -0.147. The third-order valence-corrected chi connectivity index (χ3v) is 4.37. The molecular weight excluding hydrogens is 226 g/mol. The summed E-state index contributed by atoms with van der Waals surface area (Å²) in [4.78, 5) is 4.51. The van der Waals surface area contributed by atoms with E-state index in [9.17, 15) is 5.11 Å². The van der Waals surface area contributed by atoms with Crippen molar-refractivity contribution < 1.29 is 9.84 Å². The minimum absolute atomic E-state index is 0.104. The van der Waals surface area contributed by atoms with Gasteiger partial charge in [-0.2, -0.15) is 0 Å². The first-order chi connectivity index (χ1) is 8.51. The number of aliphatic hydroxyl groups is 1. The largest absolute Gasteiger partial charge is 0.488 e. The molecule has 2 rings (SSSR count). The Morgan fingerprint density at radius 2 is 2.17 bits per heavy atom. The molecule has 0 spiro atoms. The van der Waals surface area contributed by atoms with Crippen LogP contribution in [0.15, 0.2) is 12.1 Å². The smallest absolute Gasteiger partial charge is 0.141 e. The van der Waals surface area contributed by atoms with Gasteiger partial charge < -0.3 is 9.84 Å². The number of aliphatic hydroxyl groups excluding tert-OH is 1. The van der Waals surface area contributed by atoms with Crippen LogP contribution in [0.2, 0.25) is 0 Å². The Morgan fingerprint density at radius 1 is 1.44 bits per heavy atom. The molecule has 1 aliphatic carbocycles. The van der Waals surface area contributed by atoms with E-state index in [1.165, 1.54) is 0 Å². The van der Waals surface area contributed by atoms with Gasteiger partial charge in [0, 0.05) is 17.5 Å². The molecule has 0 aliphatic heterocycles. The molecule has 1 fully saturated rings. The molecule has 100 valence electrons. The van der Waals surface area contributed by atoms with E-state index in [1.54, 1.807) is 0 Å². The number of aryl methyl sites for hydroxylation is 2. The van der Waals surface area contributed by atoms with Gasteiger partial charge in [0.25, 0.3) is 0 Å². The van der Waals surface area contributed by atoms with Crippen LogP contribution in [0.3, 0.4) is 0 Å². The van der Waals surface area contributed by atoms with Gasteiger partial charge in [-0.25, -0.2) is 0 Å². The van der Waals surface area contributed by atoms with Crippen LogP contribution in [0, 0.1) is 12.3 Å². The van der Waals surface area contributed by atoms with Crippen molar-refractivity contribution in [3.05, 3.63) is 23.5 Å². The van der Waals surface area contributed by atoms with E-state index in [1.807, 2.05) is 19.1 Å². The number of pyridine rings is 1. The van der Waals surface area contributed by atoms with Crippen molar-refractivity contribution in [2.75, 3.05) is 0 Å². The lowest BCUT2D eigenvalue weighted by Crippen LogP contribution is -2.57. The van der Waals surface area contributed by atoms with Gasteiger partial charge in [-0.3, -0.25) is 4.98 Å². The highest BCUT2D eigenvalue weighted by Gasteiger charge is 2.51. The number of nitrogens with zero attached hydrogens (tertiary/aromatic N) is 1. The number of hydrogen-bond donors (Lipinski definition) is 1. The number of aromatic nitrogens is 1. The second kappa shape index (κ2) is 4.88. The molecule has 0 bridgehead atoms. The fourth-order valence-electron chi connectivity index (χ4n) is 2.55. The van der Waals surface area contributed by atoms with Crippen LogP contribution in [0.1, 0.15) is 45.0 Å². The number of ether oxygens (including phenoxy) is 1. The second-order valence-corrected chi connectivity index (χ2v) is 5.47. The van der Waals surface area contributed by atoms with Crippen LogP contribution >= 0.6 is 0 Å². The van der Waals surface area contributed by atoms with Crippen molar-refractivity contribution in [1.29, 1.82) is 0 Å². The van der Waals surface area contributed by atoms with Gasteiger partial charge in [0.1, 0.15) is 11.9 Å². The molecule has 1 saturated carbocycles.